The molecule has 0 N–H and O–H groups in total. The standard InChI is InChI=1S/C15H15F6N3O3S/c1-2-24(28(25,26)8-7-14(16,17)18)9-10-3-5-11(6-4-10)12-22-13(27-23-12)15(19,20)21/h3-6H,2,7-9H2,1H3. The third kappa shape index (κ3) is 5.92. The zero-order chi connectivity index (χ0) is 21.2. The first-order valence-corrected chi connectivity index (χ1v) is 9.47. The fourth-order valence-electron chi connectivity index (χ4n) is 2.20. The Labute approximate surface area is 156 Å². The number of benzene rings is 1. The number of alkyl halides is 6. The Bertz CT molecular complexity index is 891. The molecule has 0 bridgehead atoms. The Morgan fingerprint density at radius 3 is 2.14 bits per heavy atom. The molecule has 1 aromatic carbocycles. The van der Waals surface area contributed by atoms with Crippen LogP contribution in [0.25, 0.3) is 11.4 Å². The van der Waals surface area contributed by atoms with Gasteiger partial charge >= 0.3 is 18.2 Å². The largest absolute Gasteiger partial charge is 0.471 e. The van der Waals surface area contributed by atoms with Crippen LogP contribution in [0, 0.1) is 0 Å². The third-order valence-electron chi connectivity index (χ3n) is 3.63. The lowest BCUT2D eigenvalue weighted by Gasteiger charge is -2.21. The molecule has 0 aliphatic carbocycles. The van der Waals surface area contributed by atoms with E-state index in [1.807, 2.05) is 0 Å². The maximum atomic E-state index is 12.5. The minimum Gasteiger partial charge on any atom is -0.329 e. The molecule has 28 heavy (non-hydrogen) atoms. The van der Waals surface area contributed by atoms with Crippen LogP contribution >= 0.6 is 0 Å². The van der Waals surface area contributed by atoms with Gasteiger partial charge in [0.15, 0.2) is 0 Å². The number of rotatable bonds is 7. The third-order valence-corrected chi connectivity index (χ3v) is 5.52. The van der Waals surface area contributed by atoms with E-state index in [0.717, 1.165) is 4.31 Å². The van der Waals surface area contributed by atoms with Crippen molar-refractivity contribution in [2.45, 2.75) is 32.2 Å². The Balaban J connectivity index is 2.11. The summed E-state index contributed by atoms with van der Waals surface area (Å²) in [5.41, 5.74) is 0.631. The normalized spacial score (nSPS) is 13.3. The Hall–Kier alpha value is -2.15. The second kappa shape index (κ2) is 8.07. The van der Waals surface area contributed by atoms with Gasteiger partial charge in [-0.25, -0.2) is 8.42 Å². The highest BCUT2D eigenvalue weighted by atomic mass is 32.2. The number of hydrogen-bond donors (Lipinski definition) is 0. The van der Waals surface area contributed by atoms with Gasteiger partial charge < -0.3 is 4.52 Å². The molecular formula is C15H15F6N3O3S. The molecule has 1 heterocycles. The smallest absolute Gasteiger partial charge is 0.329 e. The van der Waals surface area contributed by atoms with Crippen LogP contribution in [0.4, 0.5) is 26.3 Å². The van der Waals surface area contributed by atoms with Crippen molar-refractivity contribution in [1.29, 1.82) is 0 Å². The van der Waals surface area contributed by atoms with Gasteiger partial charge in [0, 0.05) is 18.7 Å². The molecule has 1 aromatic heterocycles. The molecule has 0 saturated heterocycles. The monoisotopic (exact) mass is 431 g/mol. The van der Waals surface area contributed by atoms with Gasteiger partial charge in [0.2, 0.25) is 15.8 Å². The van der Waals surface area contributed by atoms with E-state index in [0.29, 0.717) is 5.56 Å². The van der Waals surface area contributed by atoms with Gasteiger partial charge in [-0.15, -0.1) is 0 Å². The molecule has 0 saturated carbocycles. The zero-order valence-electron chi connectivity index (χ0n) is 14.4. The highest BCUT2D eigenvalue weighted by molar-refractivity contribution is 7.89. The lowest BCUT2D eigenvalue weighted by molar-refractivity contribution is -0.159. The summed E-state index contributed by atoms with van der Waals surface area (Å²) in [5.74, 6) is -2.87. The van der Waals surface area contributed by atoms with E-state index in [1.165, 1.54) is 31.2 Å². The van der Waals surface area contributed by atoms with Gasteiger partial charge in [-0.05, 0) is 5.56 Å². The van der Waals surface area contributed by atoms with Gasteiger partial charge in [0.1, 0.15) is 0 Å². The number of hydrogen-bond acceptors (Lipinski definition) is 5. The highest BCUT2D eigenvalue weighted by Crippen LogP contribution is 2.29. The quantitative estimate of drug-likeness (QED) is 0.623. The van der Waals surface area contributed by atoms with Crippen LogP contribution in [0.3, 0.4) is 0 Å². The van der Waals surface area contributed by atoms with Crippen molar-refractivity contribution in [1.82, 2.24) is 14.4 Å². The Morgan fingerprint density at radius 1 is 1.07 bits per heavy atom. The average molecular weight is 431 g/mol. The number of halogens is 6. The number of nitrogens with zero attached hydrogens (tertiary/aromatic N) is 3. The first-order valence-electron chi connectivity index (χ1n) is 7.86. The molecule has 0 unspecified atom stereocenters. The lowest BCUT2D eigenvalue weighted by Crippen LogP contribution is -2.33. The first kappa shape index (κ1) is 22.1. The molecule has 2 aromatic rings. The summed E-state index contributed by atoms with van der Waals surface area (Å²) in [6.45, 7) is 1.26. The van der Waals surface area contributed by atoms with E-state index in [2.05, 4.69) is 14.7 Å². The summed E-state index contributed by atoms with van der Waals surface area (Å²) in [4.78, 5) is 3.23. The van der Waals surface area contributed by atoms with E-state index in [4.69, 9.17) is 0 Å². The SMILES string of the molecule is CCN(Cc1ccc(-c2noc(C(F)(F)F)n2)cc1)S(=O)(=O)CCC(F)(F)F. The molecule has 0 aliphatic heterocycles. The summed E-state index contributed by atoms with van der Waals surface area (Å²) in [6.07, 6.45) is -10.8. The Kier molecular flexibility index (Phi) is 6.38. The van der Waals surface area contributed by atoms with E-state index >= 15 is 0 Å². The number of aromatic nitrogens is 2. The topological polar surface area (TPSA) is 76.3 Å². The van der Waals surface area contributed by atoms with Crippen molar-refractivity contribution in [2.24, 2.45) is 0 Å². The molecular weight excluding hydrogens is 416 g/mol. The second-order valence-electron chi connectivity index (χ2n) is 5.73. The fraction of sp³-hybridized carbons (Fsp3) is 0.467. The van der Waals surface area contributed by atoms with E-state index in [-0.39, 0.29) is 24.5 Å². The highest BCUT2D eigenvalue weighted by Gasteiger charge is 2.38. The van der Waals surface area contributed by atoms with Gasteiger partial charge in [-0.3, -0.25) is 0 Å². The predicted molar refractivity (Wildman–Crippen MR) is 85.3 cm³/mol. The predicted octanol–water partition coefficient (Wildman–Crippen LogP) is 3.86. The molecule has 0 atom stereocenters. The van der Waals surface area contributed by atoms with Crippen molar-refractivity contribution in [2.75, 3.05) is 12.3 Å². The van der Waals surface area contributed by atoms with Crippen LogP contribution in [-0.4, -0.2) is 41.3 Å². The van der Waals surface area contributed by atoms with Crippen LogP contribution in [0.2, 0.25) is 0 Å². The maximum Gasteiger partial charge on any atom is 0.471 e. The fourth-order valence-corrected chi connectivity index (χ4v) is 3.69. The van der Waals surface area contributed by atoms with E-state index in [1.54, 1.807) is 0 Å². The van der Waals surface area contributed by atoms with Crippen LogP contribution in [0.15, 0.2) is 28.8 Å². The summed E-state index contributed by atoms with van der Waals surface area (Å²) in [6, 6.07) is 5.55. The molecule has 0 radical (unpaired) electrons. The van der Waals surface area contributed by atoms with Crippen molar-refractivity contribution >= 4 is 10.0 Å². The summed E-state index contributed by atoms with van der Waals surface area (Å²) < 4.78 is 104. The maximum absolute atomic E-state index is 12.5. The van der Waals surface area contributed by atoms with Crippen molar-refractivity contribution in [3.63, 3.8) is 0 Å². The zero-order valence-corrected chi connectivity index (χ0v) is 15.2. The minimum absolute atomic E-state index is 0.0400. The first-order chi connectivity index (χ1) is 12.8. The number of sulfonamides is 1. The Morgan fingerprint density at radius 2 is 1.68 bits per heavy atom. The summed E-state index contributed by atoms with van der Waals surface area (Å²) in [5, 5.41) is 3.23. The van der Waals surface area contributed by atoms with Crippen molar-refractivity contribution in [3.8, 4) is 11.4 Å². The molecule has 2 rings (SSSR count). The van der Waals surface area contributed by atoms with Crippen LogP contribution in [0.1, 0.15) is 24.8 Å². The van der Waals surface area contributed by atoms with Crippen LogP contribution in [0.5, 0.6) is 0 Å². The molecule has 0 spiro atoms. The van der Waals surface area contributed by atoms with Crippen LogP contribution < -0.4 is 0 Å². The van der Waals surface area contributed by atoms with E-state index in [9.17, 15) is 34.8 Å². The summed E-state index contributed by atoms with van der Waals surface area (Å²) >= 11 is 0. The molecule has 156 valence electrons. The molecule has 0 aliphatic rings. The minimum atomic E-state index is -4.78. The molecule has 0 fully saturated rings. The van der Waals surface area contributed by atoms with Gasteiger partial charge in [-0.2, -0.15) is 35.6 Å². The second-order valence-corrected chi connectivity index (χ2v) is 7.81. The van der Waals surface area contributed by atoms with Crippen LogP contribution in [-0.2, 0) is 22.7 Å². The van der Waals surface area contributed by atoms with Gasteiger partial charge in [-0.1, -0.05) is 36.3 Å². The van der Waals surface area contributed by atoms with Gasteiger partial charge in [0.25, 0.3) is 0 Å². The molecule has 0 amide bonds. The van der Waals surface area contributed by atoms with Crippen molar-refractivity contribution in [3.05, 3.63) is 35.7 Å². The molecule has 6 nitrogen and oxygen atoms in total. The van der Waals surface area contributed by atoms with Gasteiger partial charge in [0.05, 0.1) is 12.2 Å². The average Bonchev–Trinajstić information content (AvgIpc) is 3.08. The summed E-state index contributed by atoms with van der Waals surface area (Å²) in [7, 11) is -4.13. The van der Waals surface area contributed by atoms with E-state index < -0.39 is 40.4 Å². The molecule has 13 heteroatoms. The van der Waals surface area contributed by atoms with Crippen molar-refractivity contribution < 1.29 is 39.3 Å². The lowest BCUT2D eigenvalue weighted by atomic mass is 10.1.